The van der Waals surface area contributed by atoms with Crippen LogP contribution in [-0.4, -0.2) is 85.0 Å². The molecule has 2 aromatic carbocycles. The van der Waals surface area contributed by atoms with Crippen LogP contribution in [0.15, 0.2) is 54.6 Å². The lowest BCUT2D eigenvalue weighted by Gasteiger charge is -2.34. The Kier molecular flexibility index (Phi) is 17.5. The summed E-state index contributed by atoms with van der Waals surface area (Å²) in [5.74, 6) is -2.75. The van der Waals surface area contributed by atoms with Crippen molar-refractivity contribution in [2.75, 3.05) is 7.11 Å². The van der Waals surface area contributed by atoms with Gasteiger partial charge in [-0.25, -0.2) is 4.79 Å². The summed E-state index contributed by atoms with van der Waals surface area (Å²) in [6, 6.07) is 8.49. The van der Waals surface area contributed by atoms with Gasteiger partial charge in [0.25, 0.3) is 0 Å². The lowest BCUT2D eigenvalue weighted by molar-refractivity contribution is -0.157. The zero-order chi connectivity index (χ0) is 46.1. The number of rotatable bonds is 14. The quantitative estimate of drug-likeness (QED) is 0.117. The molecule has 1 unspecified atom stereocenters. The van der Waals surface area contributed by atoms with E-state index in [4.69, 9.17) is 31.5 Å². The molecule has 0 aliphatic carbocycles. The average molecular weight is 882 g/mol. The third-order valence-electron chi connectivity index (χ3n) is 11.7. The van der Waals surface area contributed by atoms with E-state index in [0.717, 1.165) is 11.1 Å². The number of cyclic esters (lactones) is 1. The van der Waals surface area contributed by atoms with Crippen molar-refractivity contribution in [3.8, 4) is 5.75 Å². The Morgan fingerprint density at radius 3 is 2.21 bits per heavy atom. The molecule has 2 heterocycles. The number of carbonyl (C=O) groups is 6. The molecule has 9 atom stereocenters. The van der Waals surface area contributed by atoms with Crippen LogP contribution in [0, 0.1) is 23.2 Å². The van der Waals surface area contributed by atoms with E-state index in [1.807, 2.05) is 58.9 Å². The number of benzene rings is 2. The SMILES string of the molecule is COc1ccc(C[C@H]2NC(=O)/C=C\C[C@@H]([C@H](C)[C@H]3O[C@@H]3c3ccc(CNC(=O)[C@H](C)NC(=O)[C@@H](N)C(C)C)cc3)OC(=O)[C@H](CC(C)C)NC(=O)C(C)(C)C(C)NC2=O)cc1Cl. The highest BCUT2D eigenvalue weighted by atomic mass is 35.5. The van der Waals surface area contributed by atoms with Gasteiger partial charge in [-0.2, -0.15) is 0 Å². The number of ether oxygens (including phenoxy) is 3. The lowest BCUT2D eigenvalue weighted by Crippen LogP contribution is -2.58. The summed E-state index contributed by atoms with van der Waals surface area (Å²) >= 11 is 6.38. The highest BCUT2D eigenvalue weighted by Crippen LogP contribution is 2.45. The number of methoxy groups -OCH3 is 1. The molecule has 0 aromatic heterocycles. The second-order valence-electron chi connectivity index (χ2n) is 17.8. The summed E-state index contributed by atoms with van der Waals surface area (Å²) in [5.41, 5.74) is 7.13. The summed E-state index contributed by atoms with van der Waals surface area (Å²) in [5, 5.41) is 14.5. The van der Waals surface area contributed by atoms with Crippen LogP contribution in [0.3, 0.4) is 0 Å². The van der Waals surface area contributed by atoms with Crippen LogP contribution in [0.25, 0.3) is 0 Å². The van der Waals surface area contributed by atoms with Crippen molar-refractivity contribution in [1.82, 2.24) is 26.6 Å². The summed E-state index contributed by atoms with van der Waals surface area (Å²) in [7, 11) is 1.50. The van der Waals surface area contributed by atoms with Crippen molar-refractivity contribution in [3.63, 3.8) is 0 Å². The lowest BCUT2D eigenvalue weighted by atomic mass is 9.83. The van der Waals surface area contributed by atoms with Gasteiger partial charge >= 0.3 is 5.97 Å². The molecule has 62 heavy (non-hydrogen) atoms. The molecular weight excluding hydrogens is 816 g/mol. The number of hydrogen-bond donors (Lipinski definition) is 6. The van der Waals surface area contributed by atoms with Crippen LogP contribution in [-0.2, 0) is 51.2 Å². The molecular formula is C46H65ClN6O9. The molecule has 0 radical (unpaired) electrons. The number of carbonyl (C=O) groups excluding carboxylic acids is 6. The van der Waals surface area contributed by atoms with Gasteiger partial charge in [-0.3, -0.25) is 24.0 Å². The molecule has 0 saturated carbocycles. The van der Waals surface area contributed by atoms with E-state index in [-0.39, 0.29) is 61.2 Å². The van der Waals surface area contributed by atoms with E-state index in [9.17, 15) is 28.8 Å². The first-order valence-electron chi connectivity index (χ1n) is 21.3. The monoisotopic (exact) mass is 880 g/mol. The van der Waals surface area contributed by atoms with Crippen LogP contribution in [0.4, 0.5) is 0 Å². The minimum atomic E-state index is -1.18. The summed E-state index contributed by atoms with van der Waals surface area (Å²) in [4.78, 5) is 80.1. The Morgan fingerprint density at radius 2 is 1.60 bits per heavy atom. The Hall–Kier alpha value is -4.99. The van der Waals surface area contributed by atoms with Gasteiger partial charge in [0.05, 0.1) is 29.7 Å². The van der Waals surface area contributed by atoms with E-state index in [1.54, 1.807) is 52.0 Å². The molecule has 2 aliphatic heterocycles. The number of epoxide rings is 1. The predicted molar refractivity (Wildman–Crippen MR) is 236 cm³/mol. The van der Waals surface area contributed by atoms with Gasteiger partial charge in [0.1, 0.15) is 36.1 Å². The normalized spacial score (nSPS) is 25.3. The standard InChI is InChI=1S/C46H65ClN6O9/c1-24(2)20-34-44(58)61-35(26(5)39-40(62-39)31-17-14-29(15-18-31)23-49-41(55)27(6)50-43(57)38(48)25(3)4)12-11-13-37(54)52-33(22-30-16-19-36(60-10)32(47)21-30)42(56)51-28(7)46(8,9)45(59)53-34/h11,13-19,21,24-28,33-35,38-40H,12,20,22-23,48H2,1-10H3,(H,49,55)(H,50,57)(H,51,56)(H,52,54)(H,53,59)/b13-11-/t26-,27-,28?,33+,34-,35-,38-,39+,40+/m0/s1. The van der Waals surface area contributed by atoms with Gasteiger partial charge < -0.3 is 46.5 Å². The zero-order valence-electron chi connectivity index (χ0n) is 37.5. The smallest absolute Gasteiger partial charge is 0.328 e. The summed E-state index contributed by atoms with van der Waals surface area (Å²) < 4.78 is 17.6. The number of esters is 1. The molecule has 4 rings (SSSR count). The molecule has 1 saturated heterocycles. The molecule has 2 aromatic rings. The molecule has 0 bridgehead atoms. The van der Waals surface area contributed by atoms with E-state index in [1.165, 1.54) is 13.2 Å². The first-order chi connectivity index (χ1) is 29.1. The highest BCUT2D eigenvalue weighted by molar-refractivity contribution is 6.32. The maximum Gasteiger partial charge on any atom is 0.328 e. The van der Waals surface area contributed by atoms with Crippen molar-refractivity contribution in [2.24, 2.45) is 28.9 Å². The zero-order valence-corrected chi connectivity index (χ0v) is 38.3. The van der Waals surface area contributed by atoms with E-state index in [0.29, 0.717) is 22.8 Å². The van der Waals surface area contributed by atoms with Crippen LogP contribution in [0.2, 0.25) is 5.02 Å². The van der Waals surface area contributed by atoms with E-state index >= 15 is 0 Å². The fraction of sp³-hybridized carbons (Fsp3) is 0.565. The van der Waals surface area contributed by atoms with Crippen LogP contribution < -0.4 is 37.1 Å². The van der Waals surface area contributed by atoms with Gasteiger partial charge in [0.15, 0.2) is 0 Å². The van der Waals surface area contributed by atoms with Crippen molar-refractivity contribution in [3.05, 3.63) is 76.3 Å². The van der Waals surface area contributed by atoms with Crippen molar-refractivity contribution < 1.29 is 43.0 Å². The van der Waals surface area contributed by atoms with Gasteiger partial charge in [0.2, 0.25) is 29.5 Å². The van der Waals surface area contributed by atoms with Crippen molar-refractivity contribution in [2.45, 2.75) is 137 Å². The van der Waals surface area contributed by atoms with Crippen molar-refractivity contribution in [1.29, 1.82) is 0 Å². The maximum atomic E-state index is 14.0. The molecule has 0 spiro atoms. The number of halogens is 1. The second kappa shape index (κ2) is 21.9. The average Bonchev–Trinajstić information content (AvgIpc) is 4.02. The molecule has 1 fully saturated rings. The Bertz CT molecular complexity index is 1950. The predicted octanol–water partition coefficient (Wildman–Crippen LogP) is 4.19. The first-order valence-corrected chi connectivity index (χ1v) is 21.7. The molecule has 7 N–H and O–H groups in total. The van der Waals surface area contributed by atoms with Gasteiger partial charge in [-0.05, 0) is 80.9 Å². The molecule has 340 valence electrons. The molecule has 15 nitrogen and oxygen atoms in total. The first kappa shape index (κ1) is 49.7. The van der Waals surface area contributed by atoms with Gasteiger partial charge in [-0.15, -0.1) is 0 Å². The third-order valence-corrected chi connectivity index (χ3v) is 12.0. The largest absolute Gasteiger partial charge is 0.495 e. The minimum Gasteiger partial charge on any atom is -0.495 e. The van der Waals surface area contributed by atoms with E-state index in [2.05, 4.69) is 26.6 Å². The molecule has 16 heteroatoms. The number of hydrogen-bond acceptors (Lipinski definition) is 10. The van der Waals surface area contributed by atoms with Crippen LogP contribution >= 0.6 is 11.6 Å². The third kappa shape index (κ3) is 13.5. The Morgan fingerprint density at radius 1 is 0.935 bits per heavy atom. The maximum absolute atomic E-state index is 14.0. The van der Waals surface area contributed by atoms with Crippen LogP contribution in [0.1, 0.15) is 97.9 Å². The van der Waals surface area contributed by atoms with Gasteiger partial charge in [-0.1, -0.05) is 82.6 Å². The highest BCUT2D eigenvalue weighted by Gasteiger charge is 2.48. The second-order valence-corrected chi connectivity index (χ2v) is 18.2. The number of nitrogens with one attached hydrogen (secondary N) is 5. The van der Waals surface area contributed by atoms with Crippen molar-refractivity contribution >= 4 is 47.1 Å². The molecule has 2 aliphatic rings. The Labute approximate surface area is 370 Å². The van der Waals surface area contributed by atoms with Crippen LogP contribution in [0.5, 0.6) is 5.75 Å². The summed E-state index contributed by atoms with van der Waals surface area (Å²) in [6.07, 6.45) is 2.08. The van der Waals surface area contributed by atoms with E-state index < -0.39 is 65.4 Å². The Balaban J connectivity index is 1.52. The minimum absolute atomic E-state index is 0.0238. The molecule has 5 amide bonds. The fourth-order valence-electron chi connectivity index (χ4n) is 6.98. The number of nitrogens with two attached hydrogens (primary N) is 1. The summed E-state index contributed by atoms with van der Waals surface area (Å²) in [6.45, 7) is 16.4. The van der Waals surface area contributed by atoms with Gasteiger partial charge in [0, 0.05) is 31.3 Å². The fourth-order valence-corrected chi connectivity index (χ4v) is 7.26. The number of amides is 5. The topological polar surface area (TPSA) is 220 Å².